The summed E-state index contributed by atoms with van der Waals surface area (Å²) in [5.74, 6) is -0.902. The van der Waals surface area contributed by atoms with E-state index in [1.165, 1.54) is 32.1 Å². The first-order valence-corrected chi connectivity index (χ1v) is 7.03. The fraction of sp³-hybridized carbons (Fsp3) is 0.533. The summed E-state index contributed by atoms with van der Waals surface area (Å²) in [7, 11) is 0. The van der Waals surface area contributed by atoms with Crippen LogP contribution in [0.1, 0.15) is 49.4 Å². The van der Waals surface area contributed by atoms with Gasteiger partial charge in [-0.2, -0.15) is 0 Å². The Morgan fingerprint density at radius 3 is 2.63 bits per heavy atom. The Balaban J connectivity index is 2.30. The van der Waals surface area contributed by atoms with Crippen molar-refractivity contribution in [2.24, 2.45) is 0 Å². The van der Waals surface area contributed by atoms with Gasteiger partial charge in [0.1, 0.15) is 0 Å². The van der Waals surface area contributed by atoms with Gasteiger partial charge in [-0.25, -0.2) is 4.79 Å². The fourth-order valence-corrected chi connectivity index (χ4v) is 2.94. The van der Waals surface area contributed by atoms with Crippen molar-refractivity contribution in [2.45, 2.75) is 45.1 Å². The van der Waals surface area contributed by atoms with E-state index in [9.17, 15) is 4.79 Å². The second kappa shape index (κ2) is 5.95. The molecular formula is C15H22N2O2. The van der Waals surface area contributed by atoms with Crippen LogP contribution in [-0.2, 0) is 0 Å². The summed E-state index contributed by atoms with van der Waals surface area (Å²) >= 11 is 0. The van der Waals surface area contributed by atoms with Crippen molar-refractivity contribution in [3.8, 4) is 0 Å². The van der Waals surface area contributed by atoms with Crippen LogP contribution < -0.4 is 10.6 Å². The summed E-state index contributed by atoms with van der Waals surface area (Å²) in [5.41, 5.74) is 7.88. The molecule has 4 heteroatoms. The Morgan fingerprint density at radius 2 is 2.05 bits per heavy atom. The lowest BCUT2D eigenvalue weighted by atomic mass is 9.93. The predicted molar refractivity (Wildman–Crippen MR) is 77.7 cm³/mol. The maximum Gasteiger partial charge on any atom is 0.335 e. The third kappa shape index (κ3) is 3.00. The molecule has 0 bridgehead atoms. The van der Waals surface area contributed by atoms with E-state index in [0.717, 1.165) is 12.2 Å². The van der Waals surface area contributed by atoms with Crippen LogP contribution in [0.25, 0.3) is 0 Å². The van der Waals surface area contributed by atoms with E-state index in [1.54, 1.807) is 18.2 Å². The van der Waals surface area contributed by atoms with Gasteiger partial charge in [0, 0.05) is 12.6 Å². The molecule has 1 aromatic rings. The molecule has 0 amide bonds. The highest BCUT2D eigenvalue weighted by atomic mass is 16.4. The molecule has 19 heavy (non-hydrogen) atoms. The van der Waals surface area contributed by atoms with Crippen molar-refractivity contribution < 1.29 is 9.90 Å². The first-order valence-electron chi connectivity index (χ1n) is 7.03. The van der Waals surface area contributed by atoms with Crippen LogP contribution in [0.15, 0.2) is 18.2 Å². The first-order chi connectivity index (χ1) is 9.13. The highest BCUT2D eigenvalue weighted by molar-refractivity contribution is 5.90. The van der Waals surface area contributed by atoms with E-state index in [0.29, 0.717) is 17.3 Å². The lowest BCUT2D eigenvalue weighted by molar-refractivity contribution is 0.0697. The third-order valence-electron chi connectivity index (χ3n) is 3.94. The molecule has 0 spiro atoms. The van der Waals surface area contributed by atoms with Gasteiger partial charge in [-0.05, 0) is 38.0 Å². The van der Waals surface area contributed by atoms with Gasteiger partial charge >= 0.3 is 5.97 Å². The topological polar surface area (TPSA) is 66.6 Å². The molecule has 0 radical (unpaired) electrons. The molecule has 3 N–H and O–H groups in total. The smallest absolute Gasteiger partial charge is 0.335 e. The molecule has 104 valence electrons. The van der Waals surface area contributed by atoms with E-state index in [1.807, 2.05) is 0 Å². The van der Waals surface area contributed by atoms with Crippen LogP contribution in [0.5, 0.6) is 0 Å². The number of carboxylic acid groups (broad SMARTS) is 1. The highest BCUT2D eigenvalue weighted by Gasteiger charge is 2.22. The predicted octanol–water partition coefficient (Wildman–Crippen LogP) is 3.13. The normalized spacial score (nSPS) is 16.3. The molecule has 1 fully saturated rings. The minimum Gasteiger partial charge on any atom is -0.478 e. The van der Waals surface area contributed by atoms with Gasteiger partial charge < -0.3 is 15.7 Å². The molecule has 2 rings (SSSR count). The van der Waals surface area contributed by atoms with Crippen molar-refractivity contribution >= 4 is 17.3 Å². The zero-order valence-corrected chi connectivity index (χ0v) is 11.4. The van der Waals surface area contributed by atoms with E-state index in [-0.39, 0.29) is 0 Å². The number of rotatable bonds is 4. The molecule has 1 aromatic carbocycles. The Bertz CT molecular complexity index is 453. The van der Waals surface area contributed by atoms with Gasteiger partial charge in [-0.15, -0.1) is 0 Å². The van der Waals surface area contributed by atoms with Crippen molar-refractivity contribution in [1.29, 1.82) is 0 Å². The molecule has 0 saturated heterocycles. The Kier molecular flexibility index (Phi) is 4.30. The van der Waals surface area contributed by atoms with Gasteiger partial charge in [-0.1, -0.05) is 19.3 Å². The highest BCUT2D eigenvalue weighted by Crippen LogP contribution is 2.31. The summed E-state index contributed by atoms with van der Waals surface area (Å²) in [6, 6.07) is 5.46. The fourth-order valence-electron chi connectivity index (χ4n) is 2.94. The van der Waals surface area contributed by atoms with E-state index >= 15 is 0 Å². The second-order valence-electron chi connectivity index (χ2n) is 5.16. The lowest BCUT2D eigenvalue weighted by Gasteiger charge is -2.36. The summed E-state index contributed by atoms with van der Waals surface area (Å²) in [5, 5.41) is 9.11. The molecule has 1 saturated carbocycles. The number of anilines is 2. The minimum atomic E-state index is -0.902. The number of carbonyl (C=O) groups is 1. The van der Waals surface area contributed by atoms with Gasteiger partial charge in [0.15, 0.2) is 0 Å². The van der Waals surface area contributed by atoms with Gasteiger partial charge in [0.25, 0.3) is 0 Å². The lowest BCUT2D eigenvalue weighted by Crippen LogP contribution is -2.37. The summed E-state index contributed by atoms with van der Waals surface area (Å²) in [6.07, 6.45) is 6.15. The van der Waals surface area contributed by atoms with Crippen molar-refractivity contribution in [3.05, 3.63) is 23.8 Å². The van der Waals surface area contributed by atoms with Crippen LogP contribution in [0.4, 0.5) is 11.4 Å². The van der Waals surface area contributed by atoms with Crippen LogP contribution in [-0.4, -0.2) is 23.7 Å². The number of carboxylic acids is 1. The van der Waals surface area contributed by atoms with Crippen LogP contribution in [0.3, 0.4) is 0 Å². The van der Waals surface area contributed by atoms with Gasteiger partial charge in [-0.3, -0.25) is 0 Å². The summed E-state index contributed by atoms with van der Waals surface area (Å²) < 4.78 is 0. The number of aromatic carboxylic acids is 1. The molecule has 1 aliphatic carbocycles. The summed E-state index contributed by atoms with van der Waals surface area (Å²) in [4.78, 5) is 13.4. The van der Waals surface area contributed by atoms with Gasteiger partial charge in [0.05, 0.1) is 16.9 Å². The summed E-state index contributed by atoms with van der Waals surface area (Å²) in [6.45, 7) is 2.96. The average molecular weight is 262 g/mol. The number of nitrogen functional groups attached to an aromatic ring is 1. The molecule has 0 aliphatic heterocycles. The second-order valence-corrected chi connectivity index (χ2v) is 5.16. The van der Waals surface area contributed by atoms with Crippen molar-refractivity contribution in [1.82, 2.24) is 0 Å². The van der Waals surface area contributed by atoms with E-state index in [4.69, 9.17) is 10.8 Å². The number of hydrogen-bond donors (Lipinski definition) is 2. The largest absolute Gasteiger partial charge is 0.478 e. The Hall–Kier alpha value is -1.71. The molecule has 0 unspecified atom stereocenters. The first kappa shape index (κ1) is 13.7. The molecule has 0 heterocycles. The quantitative estimate of drug-likeness (QED) is 0.818. The zero-order valence-electron chi connectivity index (χ0n) is 11.4. The number of nitrogens with zero attached hydrogens (tertiary/aromatic N) is 1. The molecule has 1 aliphatic rings. The minimum absolute atomic E-state index is 0.304. The third-order valence-corrected chi connectivity index (χ3v) is 3.94. The molecular weight excluding hydrogens is 240 g/mol. The maximum absolute atomic E-state index is 11.1. The van der Waals surface area contributed by atoms with Crippen molar-refractivity contribution in [3.63, 3.8) is 0 Å². The van der Waals surface area contributed by atoms with E-state index < -0.39 is 5.97 Å². The Labute approximate surface area is 114 Å². The monoisotopic (exact) mass is 262 g/mol. The number of nitrogens with two attached hydrogens (primary N) is 1. The van der Waals surface area contributed by atoms with Crippen LogP contribution in [0.2, 0.25) is 0 Å². The molecule has 4 nitrogen and oxygen atoms in total. The molecule has 0 atom stereocenters. The van der Waals surface area contributed by atoms with Gasteiger partial charge in [0.2, 0.25) is 0 Å². The average Bonchev–Trinajstić information content (AvgIpc) is 2.42. The number of hydrogen-bond acceptors (Lipinski definition) is 3. The van der Waals surface area contributed by atoms with Crippen molar-refractivity contribution in [2.75, 3.05) is 17.2 Å². The van der Waals surface area contributed by atoms with Crippen LogP contribution in [0, 0.1) is 0 Å². The molecule has 0 aromatic heterocycles. The Morgan fingerprint density at radius 1 is 1.37 bits per heavy atom. The van der Waals surface area contributed by atoms with E-state index in [2.05, 4.69) is 11.8 Å². The van der Waals surface area contributed by atoms with Crippen LogP contribution >= 0.6 is 0 Å². The number of benzene rings is 1. The maximum atomic E-state index is 11.1. The standard InChI is InChI=1S/C15H22N2O2/c1-2-17(12-6-4-3-5-7-12)14-10-11(15(18)19)8-9-13(14)16/h8-10,12H,2-7,16H2,1H3,(H,18,19). The zero-order chi connectivity index (χ0) is 13.8. The SMILES string of the molecule is CCN(c1cc(C(=O)O)ccc1N)C1CCCCC1.